The van der Waals surface area contributed by atoms with E-state index in [0.717, 1.165) is 5.56 Å². The lowest BCUT2D eigenvalue weighted by molar-refractivity contribution is -0.129. The summed E-state index contributed by atoms with van der Waals surface area (Å²) in [4.78, 5) is 35.1. The maximum absolute atomic E-state index is 12.6. The molecule has 0 saturated carbocycles. The Balaban J connectivity index is 2.64. The van der Waals surface area contributed by atoms with E-state index in [1.54, 1.807) is 31.2 Å². The van der Waals surface area contributed by atoms with Crippen LogP contribution in [0.15, 0.2) is 24.3 Å². The van der Waals surface area contributed by atoms with Crippen LogP contribution in [-0.2, 0) is 25.7 Å². The first-order valence-corrected chi connectivity index (χ1v) is 9.06. The van der Waals surface area contributed by atoms with Crippen LogP contribution in [0.2, 0.25) is 0 Å². The number of anilines is 1. The standard InChI is InChI=1S/C20H31N3O4/c1-13(2)17(23-20(4,5)6)19(26)21-14(3)18(25)22-16-9-7-15(8-10-16)11-27-12-24/h7-10,12-14,17,23H,11H2,1-6H3,(H,21,26)(H,22,25)/t14-,17?/m0/s1. The lowest BCUT2D eigenvalue weighted by atomic mass is 9.98. The average Bonchev–Trinajstić information content (AvgIpc) is 2.57. The molecule has 7 nitrogen and oxygen atoms in total. The van der Waals surface area contributed by atoms with Crippen molar-refractivity contribution in [2.24, 2.45) is 5.92 Å². The van der Waals surface area contributed by atoms with Crippen molar-refractivity contribution in [3.05, 3.63) is 29.8 Å². The Hall–Kier alpha value is -2.41. The maximum atomic E-state index is 12.6. The smallest absolute Gasteiger partial charge is 0.293 e. The van der Waals surface area contributed by atoms with E-state index in [0.29, 0.717) is 12.2 Å². The van der Waals surface area contributed by atoms with Gasteiger partial charge in [0, 0.05) is 11.2 Å². The van der Waals surface area contributed by atoms with Crippen molar-refractivity contribution in [1.82, 2.24) is 10.6 Å². The molecule has 150 valence electrons. The molecule has 0 bridgehead atoms. The van der Waals surface area contributed by atoms with Gasteiger partial charge >= 0.3 is 0 Å². The molecule has 0 heterocycles. The molecule has 0 fully saturated rings. The number of carbonyl (C=O) groups excluding carboxylic acids is 3. The van der Waals surface area contributed by atoms with E-state index in [1.165, 1.54) is 0 Å². The highest BCUT2D eigenvalue weighted by molar-refractivity contribution is 5.97. The van der Waals surface area contributed by atoms with Crippen molar-refractivity contribution in [3.8, 4) is 0 Å². The largest absolute Gasteiger partial charge is 0.463 e. The SMILES string of the molecule is CC(C)C(NC(C)(C)C)C(=O)N[C@@H](C)C(=O)Nc1ccc(COC=O)cc1. The third-order valence-electron chi connectivity index (χ3n) is 3.83. The fourth-order valence-corrected chi connectivity index (χ4v) is 2.44. The van der Waals surface area contributed by atoms with E-state index < -0.39 is 12.1 Å². The van der Waals surface area contributed by atoms with Gasteiger partial charge in [-0.25, -0.2) is 0 Å². The number of hydrogen-bond donors (Lipinski definition) is 3. The van der Waals surface area contributed by atoms with Gasteiger partial charge < -0.3 is 20.7 Å². The first-order chi connectivity index (χ1) is 12.5. The van der Waals surface area contributed by atoms with Crippen molar-refractivity contribution in [2.75, 3.05) is 5.32 Å². The Bertz CT molecular complexity index is 636. The van der Waals surface area contributed by atoms with Crippen LogP contribution in [0.4, 0.5) is 5.69 Å². The van der Waals surface area contributed by atoms with Crippen LogP contribution in [0.25, 0.3) is 0 Å². The molecule has 1 aromatic rings. The zero-order valence-electron chi connectivity index (χ0n) is 17.0. The van der Waals surface area contributed by atoms with Crippen LogP contribution < -0.4 is 16.0 Å². The highest BCUT2D eigenvalue weighted by atomic mass is 16.5. The summed E-state index contributed by atoms with van der Waals surface area (Å²) in [6.45, 7) is 12.1. The summed E-state index contributed by atoms with van der Waals surface area (Å²) in [6.07, 6.45) is 0. The summed E-state index contributed by atoms with van der Waals surface area (Å²) >= 11 is 0. The second-order valence-corrected chi connectivity index (χ2v) is 7.94. The Labute approximate surface area is 161 Å². The van der Waals surface area contributed by atoms with E-state index in [4.69, 9.17) is 0 Å². The molecule has 3 N–H and O–H groups in total. The fraction of sp³-hybridized carbons (Fsp3) is 0.550. The van der Waals surface area contributed by atoms with Crippen molar-refractivity contribution in [3.63, 3.8) is 0 Å². The molecule has 1 aromatic carbocycles. The maximum Gasteiger partial charge on any atom is 0.293 e. The topological polar surface area (TPSA) is 96.5 Å². The molecule has 2 amide bonds. The molecule has 0 aliphatic heterocycles. The molecule has 27 heavy (non-hydrogen) atoms. The summed E-state index contributed by atoms with van der Waals surface area (Å²) in [7, 11) is 0. The molecular formula is C20H31N3O4. The minimum Gasteiger partial charge on any atom is -0.463 e. The van der Waals surface area contributed by atoms with Gasteiger partial charge in [-0.15, -0.1) is 0 Å². The van der Waals surface area contributed by atoms with Gasteiger partial charge in [0.15, 0.2) is 0 Å². The van der Waals surface area contributed by atoms with Crippen LogP contribution in [0.3, 0.4) is 0 Å². The third-order valence-corrected chi connectivity index (χ3v) is 3.83. The quantitative estimate of drug-likeness (QED) is 0.574. The van der Waals surface area contributed by atoms with Gasteiger partial charge in [-0.1, -0.05) is 26.0 Å². The van der Waals surface area contributed by atoms with Crippen molar-refractivity contribution in [2.45, 2.75) is 65.8 Å². The van der Waals surface area contributed by atoms with Gasteiger partial charge in [0.05, 0.1) is 6.04 Å². The number of carbonyl (C=O) groups is 3. The lowest BCUT2D eigenvalue weighted by Crippen LogP contribution is -2.56. The summed E-state index contributed by atoms with van der Waals surface area (Å²) in [5.41, 5.74) is 1.20. The van der Waals surface area contributed by atoms with Crippen molar-refractivity contribution < 1.29 is 19.1 Å². The van der Waals surface area contributed by atoms with Crippen LogP contribution in [0.5, 0.6) is 0 Å². The molecule has 0 saturated heterocycles. The second-order valence-electron chi connectivity index (χ2n) is 7.94. The minimum absolute atomic E-state index is 0.0839. The highest BCUT2D eigenvalue weighted by Gasteiger charge is 2.28. The van der Waals surface area contributed by atoms with Crippen molar-refractivity contribution in [1.29, 1.82) is 0 Å². The monoisotopic (exact) mass is 377 g/mol. The van der Waals surface area contributed by atoms with Gasteiger partial charge in [0.25, 0.3) is 6.47 Å². The van der Waals surface area contributed by atoms with Crippen LogP contribution in [0.1, 0.15) is 47.1 Å². The van der Waals surface area contributed by atoms with E-state index in [-0.39, 0.29) is 29.9 Å². The first kappa shape index (κ1) is 22.6. The molecule has 0 aliphatic rings. The number of ether oxygens (including phenoxy) is 1. The summed E-state index contributed by atoms with van der Waals surface area (Å²) < 4.78 is 4.68. The molecular weight excluding hydrogens is 346 g/mol. The highest BCUT2D eigenvalue weighted by Crippen LogP contribution is 2.12. The van der Waals surface area contributed by atoms with Gasteiger partial charge in [-0.05, 0) is 51.3 Å². The Kier molecular flexibility index (Phi) is 8.43. The predicted octanol–water partition coefficient (Wildman–Crippen LogP) is 2.22. The molecule has 2 atom stereocenters. The Morgan fingerprint density at radius 3 is 2.15 bits per heavy atom. The number of amides is 2. The molecule has 0 aromatic heterocycles. The number of nitrogens with one attached hydrogen (secondary N) is 3. The summed E-state index contributed by atoms with van der Waals surface area (Å²) in [5, 5.41) is 8.83. The summed E-state index contributed by atoms with van der Waals surface area (Å²) in [6, 6.07) is 5.87. The lowest BCUT2D eigenvalue weighted by Gasteiger charge is -2.31. The van der Waals surface area contributed by atoms with E-state index in [2.05, 4.69) is 20.7 Å². The van der Waals surface area contributed by atoms with Crippen LogP contribution in [-0.4, -0.2) is 35.9 Å². The number of hydrogen-bond acceptors (Lipinski definition) is 5. The molecule has 1 unspecified atom stereocenters. The zero-order valence-corrected chi connectivity index (χ0v) is 17.0. The fourth-order valence-electron chi connectivity index (χ4n) is 2.44. The molecule has 0 radical (unpaired) electrons. The average molecular weight is 377 g/mol. The van der Waals surface area contributed by atoms with Gasteiger partial charge in [0.1, 0.15) is 12.6 Å². The van der Waals surface area contributed by atoms with Gasteiger partial charge in [-0.3, -0.25) is 14.4 Å². The third kappa shape index (κ3) is 8.21. The zero-order chi connectivity index (χ0) is 20.6. The predicted molar refractivity (Wildman–Crippen MR) is 105 cm³/mol. The van der Waals surface area contributed by atoms with Crippen molar-refractivity contribution >= 4 is 24.0 Å². The van der Waals surface area contributed by atoms with Gasteiger partial charge in [0.2, 0.25) is 11.8 Å². The molecule has 7 heteroatoms. The van der Waals surface area contributed by atoms with Crippen LogP contribution in [0, 0.1) is 5.92 Å². The number of rotatable bonds is 9. The Morgan fingerprint density at radius 1 is 1.07 bits per heavy atom. The molecule has 1 rings (SSSR count). The molecule has 0 spiro atoms. The molecule has 0 aliphatic carbocycles. The van der Waals surface area contributed by atoms with E-state index in [9.17, 15) is 14.4 Å². The first-order valence-electron chi connectivity index (χ1n) is 9.06. The van der Waals surface area contributed by atoms with E-state index >= 15 is 0 Å². The number of benzene rings is 1. The van der Waals surface area contributed by atoms with Gasteiger partial charge in [-0.2, -0.15) is 0 Å². The van der Waals surface area contributed by atoms with Crippen LogP contribution >= 0.6 is 0 Å². The van der Waals surface area contributed by atoms with E-state index in [1.807, 2.05) is 34.6 Å². The normalized spacial score (nSPS) is 13.6. The summed E-state index contributed by atoms with van der Waals surface area (Å²) in [5.74, 6) is -0.428. The Morgan fingerprint density at radius 2 is 1.67 bits per heavy atom. The second kappa shape index (κ2) is 10.1. The minimum atomic E-state index is -0.682.